The van der Waals surface area contributed by atoms with E-state index in [0.29, 0.717) is 0 Å². The molecule has 0 saturated heterocycles. The van der Waals surface area contributed by atoms with E-state index >= 15 is 0 Å². The van der Waals surface area contributed by atoms with Gasteiger partial charge in [0.25, 0.3) is 0 Å². The summed E-state index contributed by atoms with van der Waals surface area (Å²) in [4.78, 5) is 0. The molecular weight excluding hydrogens is 871 g/mol. The van der Waals surface area contributed by atoms with E-state index in [1.165, 1.54) is 143 Å². The topological polar surface area (TPSA) is 0 Å². The predicted octanol–water partition coefficient (Wildman–Crippen LogP) is 10.4. The number of hydrogen-bond donors (Lipinski definition) is 0. The molecule has 0 bridgehead atoms. The van der Waals surface area contributed by atoms with Crippen LogP contribution < -0.4 is 24.8 Å². The van der Waals surface area contributed by atoms with Crippen LogP contribution in [-0.2, 0) is 47.9 Å². The van der Waals surface area contributed by atoms with Gasteiger partial charge >= 0.3 is 151 Å². The summed E-state index contributed by atoms with van der Waals surface area (Å²) in [6.45, 7) is 18.4. The van der Waals surface area contributed by atoms with Crippen molar-refractivity contribution >= 4 is 24.8 Å². The molecule has 0 N–H and O–H groups in total. The van der Waals surface area contributed by atoms with Gasteiger partial charge in [0.1, 0.15) is 0 Å². The summed E-state index contributed by atoms with van der Waals surface area (Å²) in [6.07, 6.45) is 17.5. The molecule has 0 amide bonds. The van der Waals surface area contributed by atoms with Crippen LogP contribution in [0.3, 0.4) is 0 Å². The first-order chi connectivity index (χ1) is 28.9. The molecule has 0 nitrogen and oxygen atoms in total. The van der Waals surface area contributed by atoms with Gasteiger partial charge in [0.2, 0.25) is 0 Å². The number of unbranched alkanes of at least 4 members (excludes halogenated alkanes) is 2. The molecule has 8 rings (SSSR count). The average molecular weight is 935 g/mol. The van der Waals surface area contributed by atoms with Gasteiger partial charge in [0.05, 0.1) is 0 Å². The van der Waals surface area contributed by atoms with E-state index in [2.05, 4.69) is 207 Å². The first-order valence-corrected chi connectivity index (χ1v) is 23.4. The Morgan fingerprint density at radius 3 is 1.27 bits per heavy atom. The van der Waals surface area contributed by atoms with E-state index in [4.69, 9.17) is 0 Å². The van der Waals surface area contributed by atoms with Crippen LogP contribution in [0.2, 0.25) is 0 Å². The summed E-state index contributed by atoms with van der Waals surface area (Å²) < 4.78 is 1.45. The van der Waals surface area contributed by atoms with E-state index in [0.717, 1.165) is 6.42 Å². The average Bonchev–Trinajstić information content (AvgIpc) is 3.97. The first kappa shape index (κ1) is 50.6. The van der Waals surface area contributed by atoms with Crippen LogP contribution in [0.15, 0.2) is 158 Å². The number of fused-ring (bicyclic) bond motifs is 3. The Bertz CT molecular complexity index is 2350. The maximum Gasteiger partial charge on any atom is -0.109 e. The molecule has 0 aromatic heterocycles. The second kappa shape index (κ2) is 23.6. The standard InChI is InChI=1S/C33H33.C21H26.C5H5.2ClH.Zr/c1-32(2,3)30-20-26-24(18-28(30)22-13-9-7-10-14-22)17-25-19-29(23-15-11-8-12-16-23)31(21-27(25)26)33(4,5)6;1-3-5-7-18-9-13-20(14-10-18)17-21-15-11-19(12-16-21)8-6-4-2;1-2-4-5-3-1;;;/h7-21H,1-6H3;9-16H,3-8H2,1-2H3;1-3H,4H2;2*1H;/q-1;;-1;;;+2/p-2. The van der Waals surface area contributed by atoms with Crippen LogP contribution in [-0.4, -0.2) is 3.21 Å². The molecular formula is C59H64Cl2Zr-2. The third-order valence-corrected chi connectivity index (χ3v) is 12.9. The zero-order chi connectivity index (χ0) is 42.7. The molecule has 0 aliphatic heterocycles. The molecule has 0 radical (unpaired) electrons. The number of benzene rings is 6. The van der Waals surface area contributed by atoms with E-state index in [-0.39, 0.29) is 35.6 Å². The van der Waals surface area contributed by atoms with Crippen molar-refractivity contribution in [1.29, 1.82) is 0 Å². The number of rotatable bonds is 10. The van der Waals surface area contributed by atoms with Gasteiger partial charge in [-0.1, -0.05) is 114 Å². The third kappa shape index (κ3) is 13.3. The number of allylic oxidation sites excluding steroid dienone is 4. The summed E-state index contributed by atoms with van der Waals surface area (Å²) in [7, 11) is 0. The second-order valence-corrected chi connectivity index (χ2v) is 19.6. The Kier molecular flexibility index (Phi) is 19.3. The number of aryl methyl sites for hydroxylation is 2. The fourth-order valence-corrected chi connectivity index (χ4v) is 8.82. The Morgan fingerprint density at radius 2 is 0.968 bits per heavy atom. The minimum Gasteiger partial charge on any atom is -1.00 e. The molecule has 0 spiro atoms. The van der Waals surface area contributed by atoms with Gasteiger partial charge < -0.3 is 24.8 Å². The zero-order valence-corrected chi connectivity index (χ0v) is 42.2. The van der Waals surface area contributed by atoms with Gasteiger partial charge in [-0.3, -0.25) is 6.08 Å². The molecule has 7 aromatic rings. The summed E-state index contributed by atoms with van der Waals surface area (Å²) >= 11 is 1.48. The second-order valence-electron chi connectivity index (χ2n) is 18.3. The van der Waals surface area contributed by atoms with Crippen molar-refractivity contribution in [2.45, 2.75) is 111 Å². The first-order valence-electron chi connectivity index (χ1n) is 22.2. The summed E-state index contributed by atoms with van der Waals surface area (Å²) in [5.41, 5.74) is 13.8. The molecule has 0 unspecified atom stereocenters. The Balaban J connectivity index is 0.000000252. The van der Waals surface area contributed by atoms with E-state index in [1.54, 1.807) is 0 Å². The van der Waals surface area contributed by atoms with Crippen molar-refractivity contribution in [2.24, 2.45) is 0 Å². The van der Waals surface area contributed by atoms with Crippen LogP contribution in [0.1, 0.15) is 121 Å². The molecule has 1 aliphatic rings. The molecule has 0 heterocycles. The SMILES string of the molecule is CC(C)(C)c1cc2c(cc1-c1ccccc1)[cH-]c1cc(-c3ccccc3)c(C(C)(C)C)cc12.CCCCc1ccc([C](=[Zr+2])c2ccc(CCCC)cc2)cc1.[C-]1=CC=CC1.[Cl-].[Cl-]. The molecule has 0 fully saturated rings. The fraction of sp³-hybridized carbons (Fsp3) is 0.288. The summed E-state index contributed by atoms with van der Waals surface area (Å²) in [5.74, 6) is 0. The number of hydrogen-bond acceptors (Lipinski definition) is 0. The van der Waals surface area contributed by atoms with Crippen LogP contribution in [0.25, 0.3) is 43.8 Å². The van der Waals surface area contributed by atoms with Crippen LogP contribution in [0.5, 0.6) is 0 Å². The van der Waals surface area contributed by atoms with Crippen molar-refractivity contribution in [1.82, 2.24) is 0 Å². The van der Waals surface area contributed by atoms with E-state index in [1.807, 2.05) is 12.2 Å². The molecule has 0 atom stereocenters. The molecule has 3 heteroatoms. The van der Waals surface area contributed by atoms with Crippen molar-refractivity contribution in [3.63, 3.8) is 0 Å². The fourth-order valence-electron chi connectivity index (χ4n) is 8.00. The molecule has 0 saturated carbocycles. The Morgan fingerprint density at radius 1 is 0.565 bits per heavy atom. The zero-order valence-electron chi connectivity index (χ0n) is 38.2. The third-order valence-electron chi connectivity index (χ3n) is 11.5. The van der Waals surface area contributed by atoms with Gasteiger partial charge in [0, 0.05) is 0 Å². The monoisotopic (exact) mass is 932 g/mol. The van der Waals surface area contributed by atoms with Crippen LogP contribution in [0.4, 0.5) is 0 Å². The molecule has 7 aromatic carbocycles. The van der Waals surface area contributed by atoms with Gasteiger partial charge in [0.15, 0.2) is 0 Å². The van der Waals surface area contributed by atoms with E-state index in [9.17, 15) is 0 Å². The Labute approximate surface area is 401 Å². The molecule has 1 aliphatic carbocycles. The van der Waals surface area contributed by atoms with Gasteiger partial charge in [-0.15, -0.1) is 46.2 Å². The predicted molar refractivity (Wildman–Crippen MR) is 260 cm³/mol. The van der Waals surface area contributed by atoms with Crippen molar-refractivity contribution < 1.29 is 49.0 Å². The smallest absolute Gasteiger partial charge is 0.109 e. The minimum atomic E-state index is 0. The van der Waals surface area contributed by atoms with Crippen molar-refractivity contribution in [3.8, 4) is 22.3 Å². The van der Waals surface area contributed by atoms with Crippen LogP contribution in [0, 0.1) is 6.08 Å². The normalized spacial score (nSPS) is 11.9. The minimum absolute atomic E-state index is 0. The summed E-state index contributed by atoms with van der Waals surface area (Å²) in [5, 5.41) is 5.36. The Hall–Kier alpha value is -4.00. The maximum atomic E-state index is 2.99. The number of halogens is 2. The van der Waals surface area contributed by atoms with Crippen molar-refractivity contribution in [2.75, 3.05) is 0 Å². The molecule has 62 heavy (non-hydrogen) atoms. The summed E-state index contributed by atoms with van der Waals surface area (Å²) in [6, 6.07) is 52.1. The van der Waals surface area contributed by atoms with E-state index < -0.39 is 0 Å². The quantitative estimate of drug-likeness (QED) is 0.120. The largest absolute Gasteiger partial charge is 1.00 e. The van der Waals surface area contributed by atoms with Crippen molar-refractivity contribution in [3.05, 3.63) is 197 Å². The van der Waals surface area contributed by atoms with Gasteiger partial charge in [-0.05, 0) is 44.2 Å². The molecule has 320 valence electrons. The maximum absolute atomic E-state index is 2.99. The van der Waals surface area contributed by atoms with Gasteiger partial charge in [-0.2, -0.15) is 6.08 Å². The van der Waals surface area contributed by atoms with Crippen LogP contribution >= 0.6 is 0 Å². The van der Waals surface area contributed by atoms with Gasteiger partial charge in [-0.25, -0.2) is 12.2 Å².